The van der Waals surface area contributed by atoms with Gasteiger partial charge in [-0.2, -0.15) is 0 Å². The molecule has 0 aromatic heterocycles. The van der Waals surface area contributed by atoms with Crippen LogP contribution in [0.15, 0.2) is 24.3 Å². The highest BCUT2D eigenvalue weighted by Crippen LogP contribution is 2.24. The van der Waals surface area contributed by atoms with Crippen molar-refractivity contribution < 1.29 is 9.59 Å². The normalized spacial score (nSPS) is 20.5. The van der Waals surface area contributed by atoms with Gasteiger partial charge in [-0.25, -0.2) is 0 Å². The second-order valence-electron chi connectivity index (χ2n) is 6.92. The van der Waals surface area contributed by atoms with Crippen molar-refractivity contribution in [3.05, 3.63) is 35.4 Å². The fraction of sp³-hybridized carbons (Fsp3) is 0.579. The lowest BCUT2D eigenvalue weighted by atomic mass is 10.1. The zero-order valence-corrected chi connectivity index (χ0v) is 14.0. The number of carbonyl (C=O) groups is 2. The van der Waals surface area contributed by atoms with Crippen LogP contribution in [0, 0.1) is 5.92 Å². The van der Waals surface area contributed by atoms with Gasteiger partial charge >= 0.3 is 0 Å². The highest BCUT2D eigenvalue weighted by Gasteiger charge is 2.35. The smallest absolute Gasteiger partial charge is 0.261 e. The number of amides is 2. The van der Waals surface area contributed by atoms with Crippen molar-refractivity contribution >= 4 is 11.8 Å². The number of likely N-dealkylation sites (tertiary alicyclic amines) is 1. The molecule has 1 atom stereocenters. The molecule has 0 radical (unpaired) electrons. The Kier molecular flexibility index (Phi) is 5.11. The van der Waals surface area contributed by atoms with E-state index in [1.54, 1.807) is 12.1 Å². The molecule has 2 amide bonds. The Hall–Kier alpha value is -1.68. The molecule has 4 heteroatoms. The lowest BCUT2D eigenvalue weighted by Crippen LogP contribution is -2.35. The highest BCUT2D eigenvalue weighted by atomic mass is 16.2. The third-order valence-electron chi connectivity index (χ3n) is 5.01. The molecule has 1 aromatic rings. The van der Waals surface area contributed by atoms with Gasteiger partial charge in [0.1, 0.15) is 0 Å². The third-order valence-corrected chi connectivity index (χ3v) is 5.01. The first-order valence-corrected chi connectivity index (χ1v) is 8.84. The zero-order valence-electron chi connectivity index (χ0n) is 14.0. The Labute approximate surface area is 138 Å². The maximum Gasteiger partial charge on any atom is 0.261 e. The van der Waals surface area contributed by atoms with E-state index < -0.39 is 0 Å². The molecule has 2 aliphatic heterocycles. The van der Waals surface area contributed by atoms with Gasteiger partial charge in [-0.05, 0) is 56.9 Å². The lowest BCUT2D eigenvalue weighted by molar-refractivity contribution is 0.0627. The molecule has 2 heterocycles. The Morgan fingerprint density at radius 1 is 0.957 bits per heavy atom. The second kappa shape index (κ2) is 7.26. The van der Waals surface area contributed by atoms with Crippen LogP contribution in [-0.4, -0.2) is 47.8 Å². The number of nitrogens with zero attached hydrogens (tertiary/aromatic N) is 2. The van der Waals surface area contributed by atoms with Crippen LogP contribution in [0.25, 0.3) is 0 Å². The van der Waals surface area contributed by atoms with Gasteiger partial charge in [0.25, 0.3) is 11.8 Å². The first kappa shape index (κ1) is 16.2. The number of benzene rings is 1. The van der Waals surface area contributed by atoms with Gasteiger partial charge in [0.2, 0.25) is 0 Å². The number of hydrogen-bond donors (Lipinski definition) is 0. The molecule has 1 fully saturated rings. The van der Waals surface area contributed by atoms with Crippen LogP contribution in [0.1, 0.15) is 59.7 Å². The second-order valence-corrected chi connectivity index (χ2v) is 6.92. The summed E-state index contributed by atoms with van der Waals surface area (Å²) in [6.07, 6.45) is 6.33. The van der Waals surface area contributed by atoms with Gasteiger partial charge in [-0.1, -0.05) is 31.9 Å². The predicted octanol–water partition coefficient (Wildman–Crippen LogP) is 3.18. The number of carbonyl (C=O) groups excluding carboxylic acids is 2. The van der Waals surface area contributed by atoms with Crippen LogP contribution in [0.2, 0.25) is 0 Å². The van der Waals surface area contributed by atoms with E-state index in [0.29, 0.717) is 23.6 Å². The van der Waals surface area contributed by atoms with Gasteiger partial charge in [0, 0.05) is 6.54 Å². The van der Waals surface area contributed by atoms with Crippen LogP contribution in [0.3, 0.4) is 0 Å². The Balaban J connectivity index is 1.53. The quantitative estimate of drug-likeness (QED) is 0.784. The maximum absolute atomic E-state index is 12.4. The van der Waals surface area contributed by atoms with Crippen LogP contribution in [0.4, 0.5) is 0 Å². The van der Waals surface area contributed by atoms with E-state index in [2.05, 4.69) is 11.8 Å². The molecule has 1 unspecified atom stereocenters. The minimum absolute atomic E-state index is 0.132. The lowest BCUT2D eigenvalue weighted by Gasteiger charge is -2.24. The number of rotatable bonds is 5. The van der Waals surface area contributed by atoms with Gasteiger partial charge in [0.05, 0.1) is 11.1 Å². The third kappa shape index (κ3) is 3.63. The van der Waals surface area contributed by atoms with Crippen LogP contribution in [-0.2, 0) is 0 Å². The molecule has 0 saturated carbocycles. The number of fused-ring (bicyclic) bond motifs is 1. The minimum Gasteiger partial charge on any atom is -0.303 e. The summed E-state index contributed by atoms with van der Waals surface area (Å²) in [6.45, 7) is 6.13. The van der Waals surface area contributed by atoms with Crippen LogP contribution >= 0.6 is 0 Å². The van der Waals surface area contributed by atoms with E-state index in [1.807, 2.05) is 12.1 Å². The first-order valence-electron chi connectivity index (χ1n) is 8.84. The average molecular weight is 314 g/mol. The van der Waals surface area contributed by atoms with Gasteiger partial charge in [-0.15, -0.1) is 0 Å². The molecule has 1 aromatic carbocycles. The zero-order chi connectivity index (χ0) is 16.2. The highest BCUT2D eigenvalue weighted by molar-refractivity contribution is 6.21. The summed E-state index contributed by atoms with van der Waals surface area (Å²) >= 11 is 0. The fourth-order valence-corrected chi connectivity index (χ4v) is 3.57. The van der Waals surface area contributed by atoms with Crippen molar-refractivity contribution in [3.8, 4) is 0 Å². The molecular weight excluding hydrogens is 288 g/mol. The Morgan fingerprint density at radius 2 is 1.52 bits per heavy atom. The summed E-state index contributed by atoms with van der Waals surface area (Å²) in [7, 11) is 0. The molecule has 0 N–H and O–H groups in total. The van der Waals surface area contributed by atoms with Crippen molar-refractivity contribution in [3.63, 3.8) is 0 Å². The monoisotopic (exact) mass is 314 g/mol. The minimum atomic E-state index is -0.132. The van der Waals surface area contributed by atoms with Crippen molar-refractivity contribution in [2.24, 2.45) is 5.92 Å². The molecule has 2 aliphatic rings. The van der Waals surface area contributed by atoms with E-state index in [0.717, 1.165) is 13.0 Å². The summed E-state index contributed by atoms with van der Waals surface area (Å²) in [5.74, 6) is 0.0694. The molecule has 0 bridgehead atoms. The Morgan fingerprint density at radius 3 is 2.09 bits per heavy atom. The topological polar surface area (TPSA) is 40.6 Å². The molecule has 3 rings (SSSR count). The largest absolute Gasteiger partial charge is 0.303 e. The molecule has 4 nitrogen and oxygen atoms in total. The molecular formula is C19H26N2O2. The summed E-state index contributed by atoms with van der Waals surface area (Å²) < 4.78 is 0. The summed E-state index contributed by atoms with van der Waals surface area (Å²) in [5.41, 5.74) is 1.11. The van der Waals surface area contributed by atoms with Gasteiger partial charge in [-0.3, -0.25) is 14.5 Å². The van der Waals surface area contributed by atoms with E-state index >= 15 is 0 Å². The van der Waals surface area contributed by atoms with Crippen LogP contribution in [0.5, 0.6) is 0 Å². The summed E-state index contributed by atoms with van der Waals surface area (Å²) in [6, 6.07) is 7.13. The molecule has 0 spiro atoms. The van der Waals surface area contributed by atoms with E-state index in [4.69, 9.17) is 0 Å². The standard InChI is InChI=1S/C19H26N2O2/c1-15(10-13-20-11-6-2-3-7-12-20)14-21-18(22)16-8-4-5-9-17(16)19(21)23/h4-5,8-9,15H,2-3,6-7,10-14H2,1H3. The van der Waals surface area contributed by atoms with E-state index in [9.17, 15) is 9.59 Å². The van der Waals surface area contributed by atoms with Crippen molar-refractivity contribution in [1.29, 1.82) is 0 Å². The number of imide groups is 1. The van der Waals surface area contributed by atoms with E-state index in [1.165, 1.54) is 43.7 Å². The van der Waals surface area contributed by atoms with Gasteiger partial charge < -0.3 is 4.90 Å². The summed E-state index contributed by atoms with van der Waals surface area (Å²) in [5, 5.41) is 0. The molecule has 1 saturated heterocycles. The number of hydrogen-bond acceptors (Lipinski definition) is 3. The Bertz CT molecular complexity index is 541. The SMILES string of the molecule is CC(CCN1CCCCCC1)CN1C(=O)c2ccccc2C1=O. The van der Waals surface area contributed by atoms with E-state index in [-0.39, 0.29) is 11.8 Å². The molecule has 0 aliphatic carbocycles. The predicted molar refractivity (Wildman–Crippen MR) is 90.5 cm³/mol. The first-order chi connectivity index (χ1) is 11.2. The average Bonchev–Trinajstić information content (AvgIpc) is 2.77. The fourth-order valence-electron chi connectivity index (χ4n) is 3.57. The van der Waals surface area contributed by atoms with Crippen molar-refractivity contribution in [2.45, 2.75) is 39.0 Å². The van der Waals surface area contributed by atoms with Crippen LogP contribution < -0.4 is 0 Å². The molecule has 124 valence electrons. The van der Waals surface area contributed by atoms with Gasteiger partial charge in [0.15, 0.2) is 0 Å². The van der Waals surface area contributed by atoms with Crippen molar-refractivity contribution in [1.82, 2.24) is 9.80 Å². The molecule has 23 heavy (non-hydrogen) atoms. The van der Waals surface area contributed by atoms with Crippen molar-refractivity contribution in [2.75, 3.05) is 26.2 Å². The summed E-state index contributed by atoms with van der Waals surface area (Å²) in [4.78, 5) is 28.7. The maximum atomic E-state index is 12.4.